The molecule has 0 aromatic heterocycles. The molecule has 8 rings (SSSR count). The predicted molar refractivity (Wildman–Crippen MR) is 220 cm³/mol. The number of rotatable bonds is 10. The van der Waals surface area contributed by atoms with Crippen molar-refractivity contribution in [3.8, 4) is 0 Å². The van der Waals surface area contributed by atoms with Gasteiger partial charge in [0.25, 0.3) is 0 Å². The van der Waals surface area contributed by atoms with Crippen LogP contribution in [0, 0.1) is 40.4 Å². The molecule has 8 N–H and O–H groups in total. The van der Waals surface area contributed by atoms with Crippen LogP contribution in [0.2, 0.25) is 0 Å². The third-order valence-corrected chi connectivity index (χ3v) is 17.2. The van der Waals surface area contributed by atoms with Crippen LogP contribution in [0.3, 0.4) is 0 Å². The molecule has 25 atom stereocenters. The van der Waals surface area contributed by atoms with Crippen LogP contribution in [-0.4, -0.2) is 164 Å². The Labute approximate surface area is 366 Å². The van der Waals surface area contributed by atoms with Crippen molar-refractivity contribution in [1.82, 2.24) is 0 Å². The number of hydrogen-bond acceptors (Lipinski definition) is 16. The van der Waals surface area contributed by atoms with E-state index in [0.29, 0.717) is 42.4 Å². The largest absolute Gasteiger partial charge is 0.394 e. The normalized spacial score (nSPS) is 55.8. The molecule has 3 saturated carbocycles. The summed E-state index contributed by atoms with van der Waals surface area (Å²) in [5.74, 6) is 2.09. The van der Waals surface area contributed by atoms with E-state index in [1.54, 1.807) is 0 Å². The molecule has 4 heterocycles. The van der Waals surface area contributed by atoms with Gasteiger partial charge in [0.15, 0.2) is 24.7 Å². The van der Waals surface area contributed by atoms with Gasteiger partial charge in [-0.25, -0.2) is 0 Å². The average Bonchev–Trinajstić information content (AvgIpc) is 3.53. The third kappa shape index (κ3) is 8.51. The van der Waals surface area contributed by atoms with Gasteiger partial charge < -0.3 is 78.7 Å². The highest BCUT2D eigenvalue weighted by Crippen LogP contribution is 2.67. The average molecular weight is 885 g/mol. The van der Waals surface area contributed by atoms with Gasteiger partial charge in [-0.3, -0.25) is 0 Å². The maximum absolute atomic E-state index is 12.0. The van der Waals surface area contributed by atoms with E-state index in [4.69, 9.17) is 37.9 Å². The SMILES string of the molecule is CCC1C(OC2(C)CCC(C)CO2)CC2C3CC=C4CC(OC5OC(CO)C(OC6OC(C)C(O)C(O)C6O)C(O)C5OC5OC(C)C(O)C(O)C5O)CCC4(C)C3CCC12C. The second-order valence-electron chi connectivity index (χ2n) is 21.1. The van der Waals surface area contributed by atoms with Gasteiger partial charge in [0.2, 0.25) is 0 Å². The van der Waals surface area contributed by atoms with E-state index >= 15 is 0 Å². The van der Waals surface area contributed by atoms with Crippen molar-refractivity contribution in [2.75, 3.05) is 13.2 Å². The quantitative estimate of drug-likeness (QED) is 0.147. The van der Waals surface area contributed by atoms with E-state index in [9.17, 15) is 40.9 Å². The zero-order valence-corrected chi connectivity index (χ0v) is 37.6. The van der Waals surface area contributed by atoms with Gasteiger partial charge in [0.05, 0.1) is 37.6 Å². The lowest BCUT2D eigenvalue weighted by Crippen LogP contribution is -2.66. The summed E-state index contributed by atoms with van der Waals surface area (Å²) >= 11 is 0. The van der Waals surface area contributed by atoms with Crippen molar-refractivity contribution in [1.29, 1.82) is 0 Å². The molecular weight excluding hydrogens is 808 g/mol. The second kappa shape index (κ2) is 18.3. The standard InChI is InChI=1S/C46H76O16/c1-8-27-30(62-46(7)16-11-21(2)20-55-46)18-29-26-10-9-24-17-25(12-14-44(24,5)28(26)13-15-45(27,29)6)58-43-40(61-42-37(53)35(51)33(49)23(4)57-42)38(54)39(31(19-47)59-43)60-41-36(52)34(50)32(48)22(3)56-41/h9,21-23,25-43,47-54H,8,10-20H2,1-7H3. The van der Waals surface area contributed by atoms with Crippen LogP contribution >= 0.6 is 0 Å². The summed E-state index contributed by atoms with van der Waals surface area (Å²) in [5.41, 5.74) is 1.51. The Balaban J connectivity index is 0.992. The van der Waals surface area contributed by atoms with E-state index in [-0.39, 0.29) is 23.0 Å². The lowest BCUT2D eigenvalue weighted by molar-refractivity contribution is -0.388. The van der Waals surface area contributed by atoms with Crippen LogP contribution in [0.25, 0.3) is 0 Å². The second-order valence-corrected chi connectivity index (χ2v) is 21.1. The number of fused-ring (bicyclic) bond motifs is 5. The Kier molecular flexibility index (Phi) is 14.0. The first-order valence-corrected chi connectivity index (χ1v) is 23.6. The van der Waals surface area contributed by atoms with Crippen LogP contribution in [-0.2, 0) is 37.9 Å². The fourth-order valence-corrected chi connectivity index (χ4v) is 13.3. The molecule has 62 heavy (non-hydrogen) atoms. The molecule has 16 nitrogen and oxygen atoms in total. The van der Waals surface area contributed by atoms with E-state index in [0.717, 1.165) is 58.0 Å². The van der Waals surface area contributed by atoms with Crippen molar-refractivity contribution in [2.45, 2.75) is 223 Å². The molecule has 4 aliphatic carbocycles. The third-order valence-electron chi connectivity index (χ3n) is 17.2. The van der Waals surface area contributed by atoms with Crippen molar-refractivity contribution < 1.29 is 78.7 Å². The van der Waals surface area contributed by atoms with Crippen LogP contribution in [0.4, 0.5) is 0 Å². The van der Waals surface area contributed by atoms with Gasteiger partial charge in [-0.05, 0) is 113 Å². The van der Waals surface area contributed by atoms with E-state index in [1.807, 2.05) is 0 Å². The van der Waals surface area contributed by atoms with Gasteiger partial charge in [-0.1, -0.05) is 45.8 Å². The number of hydrogen-bond donors (Lipinski definition) is 8. The molecule has 8 aliphatic rings. The van der Waals surface area contributed by atoms with Crippen molar-refractivity contribution in [3.05, 3.63) is 11.6 Å². The molecular formula is C46H76O16. The summed E-state index contributed by atoms with van der Waals surface area (Å²) in [7, 11) is 0. The van der Waals surface area contributed by atoms with Gasteiger partial charge in [0, 0.05) is 6.42 Å². The molecule has 4 aliphatic heterocycles. The van der Waals surface area contributed by atoms with Gasteiger partial charge >= 0.3 is 0 Å². The minimum absolute atomic E-state index is 0.0297. The van der Waals surface area contributed by atoms with Crippen LogP contribution in [0.1, 0.15) is 113 Å². The minimum Gasteiger partial charge on any atom is -0.394 e. The minimum atomic E-state index is -1.71. The molecule has 0 aromatic carbocycles. The Bertz CT molecular complexity index is 1560. The van der Waals surface area contributed by atoms with Crippen molar-refractivity contribution in [3.63, 3.8) is 0 Å². The lowest BCUT2D eigenvalue weighted by atomic mass is 9.47. The van der Waals surface area contributed by atoms with Gasteiger partial charge in [-0.2, -0.15) is 0 Å². The molecule has 7 fully saturated rings. The fraction of sp³-hybridized carbons (Fsp3) is 0.957. The lowest BCUT2D eigenvalue weighted by Gasteiger charge is -2.58. The highest BCUT2D eigenvalue weighted by Gasteiger charge is 2.62. The number of ether oxygens (including phenoxy) is 8. The first-order chi connectivity index (χ1) is 29.3. The zero-order chi connectivity index (χ0) is 44.6. The summed E-state index contributed by atoms with van der Waals surface area (Å²) in [6.45, 7) is 14.7. The fourth-order valence-electron chi connectivity index (χ4n) is 13.3. The number of aliphatic hydroxyl groups excluding tert-OH is 8. The summed E-state index contributed by atoms with van der Waals surface area (Å²) < 4.78 is 50.0. The number of aliphatic hydroxyl groups is 8. The van der Waals surface area contributed by atoms with Crippen LogP contribution in [0.5, 0.6) is 0 Å². The molecule has 0 bridgehead atoms. The summed E-state index contributed by atoms with van der Waals surface area (Å²) in [6, 6.07) is 0. The maximum atomic E-state index is 12.0. The molecule has 356 valence electrons. The Morgan fingerprint density at radius 2 is 1.34 bits per heavy atom. The number of allylic oxidation sites excluding steroid dienone is 1. The first kappa shape index (κ1) is 47.6. The van der Waals surface area contributed by atoms with Crippen molar-refractivity contribution >= 4 is 0 Å². The predicted octanol–water partition coefficient (Wildman–Crippen LogP) is 2.02. The highest BCUT2D eigenvalue weighted by atomic mass is 16.8. The van der Waals surface area contributed by atoms with Crippen molar-refractivity contribution in [2.24, 2.45) is 40.4 Å². The van der Waals surface area contributed by atoms with E-state index in [2.05, 4.69) is 40.7 Å². The van der Waals surface area contributed by atoms with E-state index in [1.165, 1.54) is 19.4 Å². The maximum Gasteiger partial charge on any atom is 0.187 e. The smallest absolute Gasteiger partial charge is 0.187 e. The molecule has 0 radical (unpaired) electrons. The van der Waals surface area contributed by atoms with Crippen LogP contribution < -0.4 is 0 Å². The van der Waals surface area contributed by atoms with Crippen LogP contribution in [0.15, 0.2) is 11.6 Å². The Morgan fingerprint density at radius 1 is 0.694 bits per heavy atom. The summed E-state index contributed by atoms with van der Waals surface area (Å²) in [6.07, 6.45) is -9.55. The molecule has 0 spiro atoms. The molecule has 16 heteroatoms. The zero-order valence-electron chi connectivity index (χ0n) is 37.6. The monoisotopic (exact) mass is 885 g/mol. The van der Waals surface area contributed by atoms with E-state index < -0.39 is 105 Å². The molecule has 0 amide bonds. The summed E-state index contributed by atoms with van der Waals surface area (Å²) in [5, 5.41) is 86.0. The topological polar surface area (TPSA) is 236 Å². The first-order valence-electron chi connectivity index (χ1n) is 23.6. The Morgan fingerprint density at radius 3 is 1.94 bits per heavy atom. The summed E-state index contributed by atoms with van der Waals surface area (Å²) in [4.78, 5) is 0. The van der Waals surface area contributed by atoms with Gasteiger partial charge in [-0.15, -0.1) is 0 Å². The molecule has 0 aromatic rings. The highest BCUT2D eigenvalue weighted by molar-refractivity contribution is 5.26. The Hall–Kier alpha value is -0.900. The van der Waals surface area contributed by atoms with Gasteiger partial charge in [0.1, 0.15) is 61.0 Å². The molecule has 25 unspecified atom stereocenters. The molecule has 4 saturated heterocycles.